The lowest BCUT2D eigenvalue weighted by atomic mass is 10.5. The van der Waals surface area contributed by atoms with Crippen molar-refractivity contribution < 1.29 is 17.7 Å². The molecule has 0 atom stereocenters. The van der Waals surface area contributed by atoms with Gasteiger partial charge in [0, 0.05) is 26.9 Å². The lowest BCUT2D eigenvalue weighted by Gasteiger charge is -2.25. The summed E-state index contributed by atoms with van der Waals surface area (Å²) in [6.07, 6.45) is 0.929. The fraction of sp³-hybridized carbons (Fsp3) is 1.00. The zero-order chi connectivity index (χ0) is 10.2. The Morgan fingerprint density at radius 3 is 1.77 bits per heavy atom. The smallest absolute Gasteiger partial charge is 0.355 e. The van der Waals surface area contributed by atoms with Gasteiger partial charge in [-0.05, 0) is 20.3 Å². The van der Waals surface area contributed by atoms with Crippen LogP contribution in [0.5, 0.6) is 0 Å². The van der Waals surface area contributed by atoms with Crippen LogP contribution in [0.15, 0.2) is 0 Å². The van der Waals surface area contributed by atoms with Gasteiger partial charge in [0.2, 0.25) is 0 Å². The molecule has 80 valence electrons. The molecule has 4 nitrogen and oxygen atoms in total. The van der Waals surface area contributed by atoms with Crippen molar-refractivity contribution in [3.8, 4) is 0 Å². The summed E-state index contributed by atoms with van der Waals surface area (Å²) in [6.45, 7) is 7.53. The lowest BCUT2D eigenvalue weighted by molar-refractivity contribution is -0.0168. The van der Waals surface area contributed by atoms with E-state index >= 15 is 0 Å². The molecule has 0 aromatic heterocycles. The van der Waals surface area contributed by atoms with Crippen molar-refractivity contribution in [2.24, 2.45) is 0 Å². The predicted octanol–water partition coefficient (Wildman–Crippen LogP) is 1.57. The molecular formula is C8H20O4Si. The first kappa shape index (κ1) is 13.1. The Morgan fingerprint density at radius 1 is 0.923 bits per heavy atom. The van der Waals surface area contributed by atoms with Crippen molar-refractivity contribution in [3.05, 3.63) is 0 Å². The summed E-state index contributed by atoms with van der Waals surface area (Å²) < 4.78 is 21.5. The fourth-order valence-corrected chi connectivity index (χ4v) is 2.65. The summed E-state index contributed by atoms with van der Waals surface area (Å²) in [4.78, 5) is 0. The Kier molecular flexibility index (Phi) is 7.49. The largest absolute Gasteiger partial charge is 0.679 e. The highest BCUT2D eigenvalue weighted by Crippen LogP contribution is 2.10. The van der Waals surface area contributed by atoms with Crippen molar-refractivity contribution >= 4 is 9.05 Å². The van der Waals surface area contributed by atoms with Crippen LogP contribution in [0.3, 0.4) is 0 Å². The van der Waals surface area contributed by atoms with Gasteiger partial charge < -0.3 is 17.7 Å². The molecule has 0 rings (SSSR count). The van der Waals surface area contributed by atoms with Crippen LogP contribution >= 0.6 is 0 Å². The zero-order valence-electron chi connectivity index (χ0n) is 8.96. The minimum absolute atomic E-state index is 0.545. The fourth-order valence-electron chi connectivity index (χ4n) is 0.882. The second-order valence-electron chi connectivity index (χ2n) is 2.42. The molecule has 0 aromatic rings. The van der Waals surface area contributed by atoms with E-state index in [1.54, 1.807) is 7.11 Å². The first-order valence-corrected chi connectivity index (χ1v) is 6.35. The summed E-state index contributed by atoms with van der Waals surface area (Å²) in [5.41, 5.74) is 0. The van der Waals surface area contributed by atoms with E-state index in [1.165, 1.54) is 0 Å². The third-order valence-electron chi connectivity index (χ3n) is 1.38. The normalized spacial score (nSPS) is 12.0. The van der Waals surface area contributed by atoms with E-state index in [0.29, 0.717) is 19.8 Å². The molecule has 0 aliphatic carbocycles. The summed E-state index contributed by atoms with van der Waals surface area (Å²) in [5.74, 6) is 0. The molecule has 0 heterocycles. The molecule has 0 saturated heterocycles. The first-order valence-electron chi connectivity index (χ1n) is 4.71. The average Bonchev–Trinajstić information content (AvgIpc) is 2.15. The Balaban J connectivity index is 4.07. The highest BCUT2D eigenvalue weighted by atomic mass is 28.4. The number of hydrogen-bond donors (Lipinski definition) is 0. The monoisotopic (exact) mass is 208 g/mol. The third-order valence-corrected chi connectivity index (χ3v) is 3.72. The van der Waals surface area contributed by atoms with Crippen LogP contribution in [0.4, 0.5) is 0 Å². The van der Waals surface area contributed by atoms with E-state index in [0.717, 1.165) is 6.42 Å². The SMILES string of the molecule is CCCO[Si](OC)(OCC)OCC. The average molecular weight is 208 g/mol. The van der Waals surface area contributed by atoms with Crippen molar-refractivity contribution in [1.29, 1.82) is 0 Å². The Labute approximate surface area is 81.6 Å². The Bertz CT molecular complexity index is 115. The van der Waals surface area contributed by atoms with Crippen LogP contribution in [0.25, 0.3) is 0 Å². The zero-order valence-corrected chi connectivity index (χ0v) is 9.96. The first-order chi connectivity index (χ1) is 6.24. The molecule has 0 aliphatic heterocycles. The van der Waals surface area contributed by atoms with Gasteiger partial charge in [0.15, 0.2) is 0 Å². The molecule has 0 bridgehead atoms. The molecule has 0 amide bonds. The van der Waals surface area contributed by atoms with Crippen LogP contribution in [0.1, 0.15) is 27.2 Å². The second kappa shape index (κ2) is 7.46. The maximum Gasteiger partial charge on any atom is 0.679 e. The maximum absolute atomic E-state index is 5.48. The van der Waals surface area contributed by atoms with Crippen LogP contribution in [0, 0.1) is 0 Å². The second-order valence-corrected chi connectivity index (χ2v) is 4.69. The van der Waals surface area contributed by atoms with Gasteiger partial charge in [-0.2, -0.15) is 0 Å². The van der Waals surface area contributed by atoms with Crippen LogP contribution < -0.4 is 0 Å². The van der Waals surface area contributed by atoms with Gasteiger partial charge in [-0.1, -0.05) is 6.92 Å². The van der Waals surface area contributed by atoms with Crippen molar-refractivity contribution in [3.63, 3.8) is 0 Å². The molecule has 13 heavy (non-hydrogen) atoms. The minimum atomic E-state index is -2.79. The van der Waals surface area contributed by atoms with Gasteiger partial charge in [0.25, 0.3) is 0 Å². The number of hydrogen-bond acceptors (Lipinski definition) is 4. The van der Waals surface area contributed by atoms with Gasteiger partial charge >= 0.3 is 9.05 Å². The summed E-state index contributed by atoms with van der Waals surface area (Å²) in [6, 6.07) is 0. The van der Waals surface area contributed by atoms with E-state index in [-0.39, 0.29) is 0 Å². The Hall–Kier alpha value is 0.0569. The van der Waals surface area contributed by atoms with Gasteiger partial charge in [-0.25, -0.2) is 0 Å². The van der Waals surface area contributed by atoms with Crippen molar-refractivity contribution in [2.75, 3.05) is 26.9 Å². The lowest BCUT2D eigenvalue weighted by Crippen LogP contribution is -2.48. The standard InChI is InChI=1S/C8H20O4Si/c1-5-8-12-13(9-4,10-6-2)11-7-3/h5-8H2,1-4H3. The van der Waals surface area contributed by atoms with E-state index in [4.69, 9.17) is 17.7 Å². The maximum atomic E-state index is 5.48. The highest BCUT2D eigenvalue weighted by Gasteiger charge is 2.43. The van der Waals surface area contributed by atoms with Gasteiger partial charge in [0.1, 0.15) is 0 Å². The van der Waals surface area contributed by atoms with Gasteiger partial charge in [0.05, 0.1) is 0 Å². The Morgan fingerprint density at radius 2 is 1.46 bits per heavy atom. The minimum Gasteiger partial charge on any atom is -0.355 e. The highest BCUT2D eigenvalue weighted by molar-refractivity contribution is 6.53. The molecule has 0 spiro atoms. The van der Waals surface area contributed by atoms with Crippen LogP contribution in [-0.2, 0) is 17.7 Å². The predicted molar refractivity (Wildman–Crippen MR) is 52.3 cm³/mol. The quantitative estimate of drug-likeness (QED) is 0.567. The topological polar surface area (TPSA) is 36.9 Å². The molecule has 0 radical (unpaired) electrons. The summed E-state index contributed by atoms with van der Waals surface area (Å²) in [7, 11) is -1.23. The third kappa shape index (κ3) is 4.73. The molecule has 0 fully saturated rings. The van der Waals surface area contributed by atoms with Gasteiger partial charge in [-0.3, -0.25) is 0 Å². The molecule has 0 unspecified atom stereocenters. The van der Waals surface area contributed by atoms with E-state index in [1.807, 2.05) is 20.8 Å². The van der Waals surface area contributed by atoms with Crippen LogP contribution in [0.2, 0.25) is 0 Å². The van der Waals surface area contributed by atoms with E-state index in [2.05, 4.69) is 0 Å². The molecule has 0 aromatic carbocycles. The van der Waals surface area contributed by atoms with Crippen LogP contribution in [-0.4, -0.2) is 36.0 Å². The van der Waals surface area contributed by atoms with Crippen molar-refractivity contribution in [1.82, 2.24) is 0 Å². The number of rotatable bonds is 8. The summed E-state index contributed by atoms with van der Waals surface area (Å²) in [5, 5.41) is 0. The van der Waals surface area contributed by atoms with E-state index in [9.17, 15) is 0 Å². The molecular weight excluding hydrogens is 188 g/mol. The van der Waals surface area contributed by atoms with Gasteiger partial charge in [-0.15, -0.1) is 0 Å². The molecule has 0 N–H and O–H groups in total. The molecule has 5 heteroatoms. The molecule has 0 aliphatic rings. The summed E-state index contributed by atoms with van der Waals surface area (Å²) >= 11 is 0. The molecule has 0 saturated carbocycles. The van der Waals surface area contributed by atoms with Crippen molar-refractivity contribution in [2.45, 2.75) is 27.2 Å². The van der Waals surface area contributed by atoms with E-state index < -0.39 is 9.05 Å².